The minimum atomic E-state index is 0.333. The number of carbonyl (C=O) groups excluding carboxylic acids is 1. The zero-order valence-electron chi connectivity index (χ0n) is 6.77. The van der Waals surface area contributed by atoms with Crippen LogP contribution in [0.1, 0.15) is 19.8 Å². The predicted molar refractivity (Wildman–Crippen MR) is 76.8 cm³/mol. The van der Waals surface area contributed by atoms with Crippen molar-refractivity contribution in [3.63, 3.8) is 0 Å². The van der Waals surface area contributed by atoms with Crippen molar-refractivity contribution in [2.75, 3.05) is 0 Å². The second-order valence-corrected chi connectivity index (χ2v) is 7.89. The van der Waals surface area contributed by atoms with Crippen molar-refractivity contribution in [2.45, 2.75) is 31.5 Å². The topological polar surface area (TPSA) is 17.1 Å². The Hall–Kier alpha value is 1.86. The van der Waals surface area contributed by atoms with Gasteiger partial charge in [0.1, 0.15) is 5.78 Å². The van der Waals surface area contributed by atoms with E-state index >= 15 is 0 Å². The molecule has 0 aromatic carbocycles. The molecule has 0 aliphatic heterocycles. The highest BCUT2D eigenvalue weighted by atomic mass is 127. The summed E-state index contributed by atoms with van der Waals surface area (Å²) in [7, 11) is 0. The van der Waals surface area contributed by atoms with Gasteiger partial charge in [0.15, 0.2) is 0 Å². The van der Waals surface area contributed by atoms with Crippen LogP contribution in [0.2, 0.25) is 0 Å². The minimum absolute atomic E-state index is 0.333. The second-order valence-electron chi connectivity index (χ2n) is 3.26. The van der Waals surface area contributed by atoms with Gasteiger partial charge in [-0.2, -0.15) is 0 Å². The molecule has 0 aromatic rings. The van der Waals surface area contributed by atoms with Gasteiger partial charge in [0.2, 0.25) is 0 Å². The van der Waals surface area contributed by atoms with Crippen molar-refractivity contribution in [1.82, 2.24) is 0 Å². The molecule has 0 bridgehead atoms. The van der Waals surface area contributed by atoms with Gasteiger partial charge in [0, 0.05) is 17.7 Å². The van der Waals surface area contributed by atoms with Crippen LogP contribution in [-0.4, -0.2) is 17.6 Å². The number of ketones is 1. The zero-order valence-corrected chi connectivity index (χ0v) is 13.2. The molecular weight excluding hydrogens is 493 g/mol. The lowest BCUT2D eigenvalue weighted by Crippen LogP contribution is -2.36. The minimum Gasteiger partial charge on any atom is -0.300 e. The fourth-order valence-electron chi connectivity index (χ4n) is 1.46. The molecule has 70 valence electrons. The Kier molecular flexibility index (Phi) is 5.06. The molecule has 1 nitrogen and oxygen atoms in total. The van der Waals surface area contributed by atoms with Crippen LogP contribution in [0.4, 0.5) is 0 Å². The third-order valence-corrected chi connectivity index (χ3v) is 9.34. The van der Waals surface area contributed by atoms with Gasteiger partial charge in [-0.15, -0.1) is 0 Å². The van der Waals surface area contributed by atoms with Crippen molar-refractivity contribution in [3.05, 3.63) is 0 Å². The third-order valence-electron chi connectivity index (χ3n) is 2.29. The van der Waals surface area contributed by atoms with Gasteiger partial charge in [-0.3, -0.25) is 4.79 Å². The summed E-state index contributed by atoms with van der Waals surface area (Å²) in [5.74, 6) is 0.710. The molecule has 1 saturated carbocycles. The first kappa shape index (κ1) is 11.9. The summed E-state index contributed by atoms with van der Waals surface area (Å²) < 4.78 is 2.08. The van der Waals surface area contributed by atoms with Crippen LogP contribution in [0.3, 0.4) is 0 Å². The van der Waals surface area contributed by atoms with Gasteiger partial charge in [-0.05, 0) is 19.8 Å². The molecule has 0 amide bonds. The van der Waals surface area contributed by atoms with Gasteiger partial charge in [-0.25, -0.2) is 0 Å². The molecule has 0 radical (unpaired) electrons. The molecule has 12 heavy (non-hydrogen) atoms. The molecule has 1 aliphatic rings. The SMILES string of the molecule is CC(=O)C1CC(I)C(I)C(I)C1. The Labute approximate surface area is 114 Å². The largest absolute Gasteiger partial charge is 0.300 e. The highest BCUT2D eigenvalue weighted by Gasteiger charge is 2.35. The van der Waals surface area contributed by atoms with Crippen molar-refractivity contribution < 1.29 is 4.79 Å². The molecule has 2 unspecified atom stereocenters. The van der Waals surface area contributed by atoms with E-state index < -0.39 is 0 Å². The van der Waals surface area contributed by atoms with E-state index in [0.29, 0.717) is 19.6 Å². The van der Waals surface area contributed by atoms with Crippen LogP contribution in [0.5, 0.6) is 0 Å². The number of Topliss-reactive ketones (excluding diaryl/α,β-unsaturated/α-hetero) is 1. The molecule has 4 heteroatoms. The van der Waals surface area contributed by atoms with Gasteiger partial charge in [0.25, 0.3) is 0 Å². The van der Waals surface area contributed by atoms with Crippen LogP contribution in [0.15, 0.2) is 0 Å². The molecule has 0 heterocycles. The zero-order chi connectivity index (χ0) is 9.30. The molecule has 1 fully saturated rings. The van der Waals surface area contributed by atoms with Crippen LogP contribution in [-0.2, 0) is 4.79 Å². The number of halogens is 3. The Balaban J connectivity index is 2.59. The van der Waals surface area contributed by atoms with Crippen LogP contribution in [0, 0.1) is 5.92 Å². The van der Waals surface area contributed by atoms with Gasteiger partial charge < -0.3 is 0 Å². The first-order chi connectivity index (χ1) is 5.52. The van der Waals surface area contributed by atoms with E-state index in [4.69, 9.17) is 0 Å². The molecule has 1 rings (SSSR count). The van der Waals surface area contributed by atoms with Gasteiger partial charge in [0.05, 0.1) is 0 Å². The van der Waals surface area contributed by atoms with Crippen molar-refractivity contribution in [1.29, 1.82) is 0 Å². The number of hydrogen-bond acceptors (Lipinski definition) is 1. The Bertz CT molecular complexity index is 171. The Morgan fingerprint density at radius 3 is 1.92 bits per heavy atom. The molecule has 0 N–H and O–H groups in total. The number of carbonyl (C=O) groups is 1. The Morgan fingerprint density at radius 1 is 1.17 bits per heavy atom. The van der Waals surface area contributed by atoms with Crippen LogP contribution in [0.25, 0.3) is 0 Å². The first-order valence-corrected chi connectivity index (χ1v) is 7.68. The second kappa shape index (κ2) is 5.09. The average Bonchev–Trinajstić information content (AvgIpc) is 1.99. The average molecular weight is 504 g/mol. The van der Waals surface area contributed by atoms with Crippen LogP contribution >= 0.6 is 67.8 Å². The van der Waals surface area contributed by atoms with E-state index in [2.05, 4.69) is 67.8 Å². The van der Waals surface area contributed by atoms with Gasteiger partial charge >= 0.3 is 0 Å². The fraction of sp³-hybridized carbons (Fsp3) is 0.875. The maximum absolute atomic E-state index is 11.2. The standard InChI is InChI=1S/C8H11I3O/c1-4(12)5-2-6(9)8(11)7(10)3-5/h5-8H,2-3H2,1H3. The molecular formula is C8H11I3O. The maximum Gasteiger partial charge on any atom is 0.132 e. The lowest BCUT2D eigenvalue weighted by Gasteiger charge is -2.32. The summed E-state index contributed by atoms with van der Waals surface area (Å²) in [4.78, 5) is 11.2. The van der Waals surface area contributed by atoms with E-state index in [-0.39, 0.29) is 0 Å². The lowest BCUT2D eigenvalue weighted by molar-refractivity contribution is -0.121. The molecule has 0 saturated heterocycles. The summed E-state index contributed by atoms with van der Waals surface area (Å²) >= 11 is 7.48. The molecule has 0 aromatic heterocycles. The number of alkyl halides is 3. The normalized spacial score (nSPS) is 42.7. The van der Waals surface area contributed by atoms with Crippen molar-refractivity contribution in [2.24, 2.45) is 5.92 Å². The summed E-state index contributed by atoms with van der Waals surface area (Å²) in [6, 6.07) is 0. The lowest BCUT2D eigenvalue weighted by atomic mass is 9.87. The maximum atomic E-state index is 11.2. The van der Waals surface area contributed by atoms with Crippen LogP contribution < -0.4 is 0 Å². The molecule has 2 atom stereocenters. The van der Waals surface area contributed by atoms with E-state index in [1.807, 2.05) is 0 Å². The summed E-state index contributed by atoms with van der Waals surface area (Å²) in [6.45, 7) is 1.73. The van der Waals surface area contributed by atoms with E-state index in [0.717, 1.165) is 16.8 Å². The quantitative estimate of drug-likeness (QED) is 0.396. The Morgan fingerprint density at radius 2 is 1.58 bits per heavy atom. The predicted octanol–water partition coefficient (Wildman–Crippen LogP) is 3.40. The molecule has 1 aliphatic carbocycles. The summed E-state index contributed by atoms with van der Waals surface area (Å²) in [5.41, 5.74) is 0. The monoisotopic (exact) mass is 504 g/mol. The highest BCUT2D eigenvalue weighted by Crippen LogP contribution is 2.38. The summed E-state index contributed by atoms with van der Waals surface area (Å²) in [5, 5.41) is 0. The fourth-order valence-corrected chi connectivity index (χ4v) is 5.07. The van der Waals surface area contributed by atoms with Crippen molar-refractivity contribution in [3.8, 4) is 0 Å². The molecule has 0 spiro atoms. The van der Waals surface area contributed by atoms with E-state index in [9.17, 15) is 4.79 Å². The smallest absolute Gasteiger partial charge is 0.132 e. The van der Waals surface area contributed by atoms with Crippen molar-refractivity contribution >= 4 is 73.6 Å². The van der Waals surface area contributed by atoms with E-state index in [1.165, 1.54) is 0 Å². The van der Waals surface area contributed by atoms with Gasteiger partial charge in [-0.1, -0.05) is 67.8 Å². The number of hydrogen-bond donors (Lipinski definition) is 0. The number of rotatable bonds is 1. The summed E-state index contributed by atoms with van der Waals surface area (Å²) in [6.07, 6.45) is 2.17. The first-order valence-electron chi connectivity index (χ1n) is 3.95. The van der Waals surface area contributed by atoms with E-state index in [1.54, 1.807) is 6.92 Å². The highest BCUT2D eigenvalue weighted by molar-refractivity contribution is 14.1. The third kappa shape index (κ3) is 2.93.